The molecule has 1 heterocycles. The average Bonchev–Trinajstić information content (AvgIpc) is 2.48. The van der Waals surface area contributed by atoms with Crippen LogP contribution in [-0.4, -0.2) is 13.1 Å². The van der Waals surface area contributed by atoms with Gasteiger partial charge in [0.15, 0.2) is 0 Å². The number of hydrogen-bond acceptors (Lipinski definition) is 2. The van der Waals surface area contributed by atoms with Crippen molar-refractivity contribution in [2.75, 3.05) is 11.9 Å². The third-order valence-electron chi connectivity index (χ3n) is 3.24. The maximum absolute atomic E-state index is 11.9. The van der Waals surface area contributed by atoms with Crippen LogP contribution in [0.3, 0.4) is 0 Å². The average molecular weight is 320 g/mol. The smallest absolute Gasteiger partial charge is 0.409 e. The van der Waals surface area contributed by atoms with E-state index in [-0.39, 0.29) is 0 Å². The van der Waals surface area contributed by atoms with E-state index in [1.165, 1.54) is 4.90 Å². The molecule has 1 aliphatic heterocycles. The van der Waals surface area contributed by atoms with Crippen molar-refractivity contribution in [2.45, 2.75) is 0 Å². The number of halogens is 2. The van der Waals surface area contributed by atoms with E-state index in [0.29, 0.717) is 15.8 Å². The molecule has 106 valence electrons. The van der Waals surface area contributed by atoms with Gasteiger partial charge in [-0.25, -0.2) is 4.79 Å². The molecule has 5 heteroatoms. The van der Waals surface area contributed by atoms with E-state index in [4.69, 9.17) is 27.9 Å². The number of amides is 1. The first-order chi connectivity index (χ1) is 10.1. The lowest BCUT2D eigenvalue weighted by Crippen LogP contribution is -2.31. The summed E-state index contributed by atoms with van der Waals surface area (Å²) in [6.07, 6.45) is 1.35. The summed E-state index contributed by atoms with van der Waals surface area (Å²) in [5, 5.41) is 0.943. The summed E-state index contributed by atoms with van der Waals surface area (Å²) in [7, 11) is 1.68. The Morgan fingerprint density at radius 1 is 1.10 bits per heavy atom. The van der Waals surface area contributed by atoms with Crippen molar-refractivity contribution >= 4 is 46.8 Å². The normalized spacial score (nSPS) is 15.9. The standard InChI is InChI=1S/C16H11Cl2NO2/c1-19-14-5-3-2-4-11(14)15(21-16(19)20)9-10-6-7-12(17)13(18)8-10/h2-9H,1H3/b15-9-. The number of rotatable bonds is 1. The van der Waals surface area contributed by atoms with Gasteiger partial charge in [-0.05, 0) is 35.9 Å². The number of anilines is 1. The molecule has 2 aromatic carbocycles. The van der Waals surface area contributed by atoms with Crippen LogP contribution in [0.15, 0.2) is 42.5 Å². The van der Waals surface area contributed by atoms with Gasteiger partial charge in [-0.2, -0.15) is 0 Å². The van der Waals surface area contributed by atoms with Crippen molar-refractivity contribution in [1.82, 2.24) is 0 Å². The summed E-state index contributed by atoms with van der Waals surface area (Å²) >= 11 is 11.9. The predicted octanol–water partition coefficient (Wildman–Crippen LogP) is 5.08. The molecule has 1 aliphatic rings. The first-order valence-corrected chi connectivity index (χ1v) is 7.03. The molecule has 0 saturated carbocycles. The zero-order valence-corrected chi connectivity index (χ0v) is 12.7. The molecule has 1 amide bonds. The highest BCUT2D eigenvalue weighted by atomic mass is 35.5. The Hall–Kier alpha value is -1.97. The second kappa shape index (κ2) is 5.43. The van der Waals surface area contributed by atoms with Gasteiger partial charge in [-0.3, -0.25) is 4.90 Å². The lowest BCUT2D eigenvalue weighted by atomic mass is 10.1. The quantitative estimate of drug-likeness (QED) is 0.733. The molecule has 3 rings (SSSR count). The van der Waals surface area contributed by atoms with Gasteiger partial charge in [0, 0.05) is 12.6 Å². The summed E-state index contributed by atoms with van der Waals surface area (Å²) in [5.74, 6) is 0.493. The van der Waals surface area contributed by atoms with E-state index < -0.39 is 6.09 Å². The van der Waals surface area contributed by atoms with Gasteiger partial charge in [0.2, 0.25) is 0 Å². The highest BCUT2D eigenvalue weighted by Gasteiger charge is 2.25. The number of nitrogens with zero attached hydrogens (tertiary/aromatic N) is 1. The number of cyclic esters (lactones) is 1. The van der Waals surface area contributed by atoms with Gasteiger partial charge in [0.1, 0.15) is 5.76 Å². The SMILES string of the molecule is CN1C(=O)O/C(=C\c2ccc(Cl)c(Cl)c2)c2ccccc21. The highest BCUT2D eigenvalue weighted by molar-refractivity contribution is 6.42. The van der Waals surface area contributed by atoms with E-state index >= 15 is 0 Å². The Kier molecular flexibility index (Phi) is 3.62. The Morgan fingerprint density at radius 3 is 2.62 bits per heavy atom. The molecule has 0 N–H and O–H groups in total. The summed E-state index contributed by atoms with van der Waals surface area (Å²) in [4.78, 5) is 13.4. The molecule has 2 aromatic rings. The van der Waals surface area contributed by atoms with Crippen LogP contribution in [0.5, 0.6) is 0 Å². The largest absolute Gasteiger partial charge is 0.419 e. The summed E-state index contributed by atoms with van der Waals surface area (Å²) in [5.41, 5.74) is 2.47. The number of carbonyl (C=O) groups is 1. The van der Waals surface area contributed by atoms with Crippen LogP contribution in [0, 0.1) is 0 Å². The number of para-hydroxylation sites is 1. The van der Waals surface area contributed by atoms with Crippen molar-refractivity contribution < 1.29 is 9.53 Å². The molecule has 0 aromatic heterocycles. The summed E-state index contributed by atoms with van der Waals surface area (Å²) in [6, 6.07) is 12.8. The number of ether oxygens (including phenoxy) is 1. The van der Waals surface area contributed by atoms with Crippen LogP contribution in [0.4, 0.5) is 10.5 Å². The van der Waals surface area contributed by atoms with Gasteiger partial charge in [0.25, 0.3) is 0 Å². The van der Waals surface area contributed by atoms with Gasteiger partial charge >= 0.3 is 6.09 Å². The monoisotopic (exact) mass is 319 g/mol. The molecule has 0 bridgehead atoms. The Labute approximate surface area is 132 Å². The van der Waals surface area contributed by atoms with Crippen LogP contribution in [0.2, 0.25) is 10.0 Å². The second-order valence-corrected chi connectivity index (χ2v) is 5.44. The van der Waals surface area contributed by atoms with Gasteiger partial charge in [-0.1, -0.05) is 41.4 Å². The molecule has 0 fully saturated rings. The molecular formula is C16H11Cl2NO2. The molecule has 0 saturated heterocycles. The molecule has 0 aliphatic carbocycles. The van der Waals surface area contributed by atoms with Crippen LogP contribution in [0.25, 0.3) is 11.8 Å². The highest BCUT2D eigenvalue weighted by Crippen LogP contribution is 2.34. The first-order valence-electron chi connectivity index (χ1n) is 6.28. The van der Waals surface area contributed by atoms with Crippen molar-refractivity contribution in [2.24, 2.45) is 0 Å². The lowest BCUT2D eigenvalue weighted by molar-refractivity contribution is 0.199. The first kappa shape index (κ1) is 14.0. The van der Waals surface area contributed by atoms with Crippen LogP contribution in [0.1, 0.15) is 11.1 Å². The number of carbonyl (C=O) groups excluding carboxylic acids is 1. The van der Waals surface area contributed by atoms with Crippen molar-refractivity contribution in [3.05, 3.63) is 63.6 Å². The summed E-state index contributed by atoms with van der Waals surface area (Å²) < 4.78 is 5.37. The zero-order chi connectivity index (χ0) is 15.0. The second-order valence-electron chi connectivity index (χ2n) is 4.63. The van der Waals surface area contributed by atoms with Gasteiger partial charge in [0.05, 0.1) is 15.7 Å². The maximum atomic E-state index is 11.9. The van der Waals surface area contributed by atoms with Crippen molar-refractivity contribution in [1.29, 1.82) is 0 Å². The topological polar surface area (TPSA) is 29.5 Å². The van der Waals surface area contributed by atoms with Crippen LogP contribution in [-0.2, 0) is 4.74 Å². The van der Waals surface area contributed by atoms with Gasteiger partial charge in [-0.15, -0.1) is 0 Å². The fourth-order valence-electron chi connectivity index (χ4n) is 2.15. The van der Waals surface area contributed by atoms with E-state index in [9.17, 15) is 4.79 Å². The molecule has 0 atom stereocenters. The lowest BCUT2D eigenvalue weighted by Gasteiger charge is -2.26. The molecule has 0 unspecified atom stereocenters. The Morgan fingerprint density at radius 2 is 1.86 bits per heavy atom. The van der Waals surface area contributed by atoms with Crippen LogP contribution >= 0.6 is 23.2 Å². The number of benzene rings is 2. The van der Waals surface area contributed by atoms with Crippen molar-refractivity contribution in [3.63, 3.8) is 0 Å². The molecule has 3 nitrogen and oxygen atoms in total. The Balaban J connectivity index is 2.09. The van der Waals surface area contributed by atoms with E-state index in [1.54, 1.807) is 25.3 Å². The molecule has 21 heavy (non-hydrogen) atoms. The zero-order valence-electron chi connectivity index (χ0n) is 11.1. The fourth-order valence-corrected chi connectivity index (χ4v) is 2.46. The maximum Gasteiger partial charge on any atom is 0.419 e. The van der Waals surface area contributed by atoms with E-state index in [1.807, 2.05) is 30.3 Å². The third kappa shape index (κ3) is 2.62. The fraction of sp³-hybridized carbons (Fsp3) is 0.0625. The number of fused-ring (bicyclic) bond motifs is 1. The minimum atomic E-state index is -0.417. The van der Waals surface area contributed by atoms with Crippen LogP contribution < -0.4 is 4.90 Å². The molecule has 0 spiro atoms. The third-order valence-corrected chi connectivity index (χ3v) is 3.98. The van der Waals surface area contributed by atoms with E-state index in [0.717, 1.165) is 16.8 Å². The van der Waals surface area contributed by atoms with Gasteiger partial charge < -0.3 is 4.74 Å². The minimum absolute atomic E-state index is 0.417. The van der Waals surface area contributed by atoms with Crippen molar-refractivity contribution in [3.8, 4) is 0 Å². The minimum Gasteiger partial charge on any atom is -0.409 e. The van der Waals surface area contributed by atoms with E-state index in [2.05, 4.69) is 0 Å². The Bertz CT molecular complexity index is 756. The molecular weight excluding hydrogens is 309 g/mol. The molecule has 0 radical (unpaired) electrons. The number of hydrogen-bond donors (Lipinski definition) is 0. The predicted molar refractivity (Wildman–Crippen MR) is 85.7 cm³/mol. The summed E-state index contributed by atoms with van der Waals surface area (Å²) in [6.45, 7) is 0.